The summed E-state index contributed by atoms with van der Waals surface area (Å²) in [6.45, 7) is 25.6. The number of amides is 1. The van der Waals surface area contributed by atoms with Crippen LogP contribution in [-0.2, 0) is 46.6 Å². The van der Waals surface area contributed by atoms with Crippen LogP contribution in [0, 0.1) is 10.8 Å². The van der Waals surface area contributed by atoms with E-state index >= 15 is 0 Å². The predicted octanol–water partition coefficient (Wildman–Crippen LogP) is 8.09. The molecule has 1 amide bonds. The Labute approximate surface area is 443 Å². The van der Waals surface area contributed by atoms with E-state index in [0.29, 0.717) is 23.8 Å². The number of nitrogens with one attached hydrogen (secondary N) is 2. The molecule has 75 heavy (non-hydrogen) atoms. The van der Waals surface area contributed by atoms with Crippen molar-refractivity contribution in [2.45, 2.75) is 111 Å². The summed E-state index contributed by atoms with van der Waals surface area (Å²) in [6, 6.07) is 22.2. The monoisotopic (exact) mass is 1040 g/mol. The number of nitrogens with zero attached hydrogens (tertiary/aromatic N) is 9. The highest BCUT2D eigenvalue weighted by atomic mass is 28.3. The number of morpholine rings is 2. The maximum Gasteiger partial charge on any atom is 0.356 e. The number of hydrogen-bond acceptors (Lipinski definition) is 12. The van der Waals surface area contributed by atoms with Gasteiger partial charge in [-0.25, -0.2) is 9.48 Å². The molecule has 2 saturated heterocycles. The van der Waals surface area contributed by atoms with E-state index in [2.05, 4.69) is 136 Å². The topological polar surface area (TPSA) is 209 Å². The lowest BCUT2D eigenvalue weighted by molar-refractivity contribution is 0.0330. The maximum absolute atomic E-state index is 13.0. The van der Waals surface area contributed by atoms with E-state index in [1.54, 1.807) is 17.1 Å². The van der Waals surface area contributed by atoms with E-state index in [-0.39, 0.29) is 34.5 Å². The van der Waals surface area contributed by atoms with Gasteiger partial charge in [-0.1, -0.05) is 108 Å². The molecule has 2 fully saturated rings. The number of benzene rings is 2. The summed E-state index contributed by atoms with van der Waals surface area (Å²) in [6.07, 6.45) is 12.7. The smallest absolute Gasteiger partial charge is 0.356 e. The largest absolute Gasteiger partial charge is 0.476 e. The van der Waals surface area contributed by atoms with Crippen molar-refractivity contribution >= 4 is 31.3 Å². The number of fused-ring (bicyclic) bond motifs is 2. The molecule has 0 spiro atoms. The number of rotatable bonds is 16. The molecule has 10 rings (SSSR count). The number of carbonyl (C=O) groups is 2. The number of nitrogens with two attached hydrogens (primary N) is 1. The summed E-state index contributed by atoms with van der Waals surface area (Å²) in [5.74, 6) is -1.12. The molecule has 19 heteroatoms. The Bertz CT molecular complexity index is 2770. The first kappa shape index (κ1) is 55.3. The minimum Gasteiger partial charge on any atom is -0.476 e. The zero-order valence-electron chi connectivity index (χ0n) is 45.3. The minimum absolute atomic E-state index is 0.0512. The molecule has 6 aromatic rings. The zero-order valence-corrected chi connectivity index (χ0v) is 46.3. The summed E-state index contributed by atoms with van der Waals surface area (Å²) < 4.78 is 22.4. The van der Waals surface area contributed by atoms with E-state index < -0.39 is 14.0 Å². The first-order chi connectivity index (χ1) is 35.9. The van der Waals surface area contributed by atoms with Crippen LogP contribution in [0.2, 0.25) is 25.7 Å². The van der Waals surface area contributed by atoms with Gasteiger partial charge < -0.3 is 30.4 Å². The highest BCUT2D eigenvalue weighted by molar-refractivity contribution is 6.76. The molecule has 2 unspecified atom stereocenters. The van der Waals surface area contributed by atoms with Crippen LogP contribution in [0.4, 0.5) is 11.4 Å². The number of hydrogen-bond donors (Lipinski definition) is 4. The molecule has 0 bridgehead atoms. The first-order valence-corrected chi connectivity index (χ1v) is 30.4. The fraction of sp³-hybridized carbons (Fsp3) is 0.536. The number of H-pyrrole nitrogens is 1. The van der Waals surface area contributed by atoms with Gasteiger partial charge in [0.25, 0.3) is 5.91 Å². The molecular formula is C56H80N12O6Si. The summed E-state index contributed by atoms with van der Waals surface area (Å²) >= 11 is 0. The third-order valence-electron chi connectivity index (χ3n) is 14.7. The van der Waals surface area contributed by atoms with Gasteiger partial charge in [0.2, 0.25) is 0 Å². The average molecular weight is 1050 g/mol. The molecule has 0 saturated carbocycles. The van der Waals surface area contributed by atoms with Gasteiger partial charge in [-0.2, -0.15) is 20.4 Å². The highest BCUT2D eigenvalue weighted by Crippen LogP contribution is 2.37. The Hall–Kier alpha value is -5.96. The van der Waals surface area contributed by atoms with Gasteiger partial charge in [0.05, 0.1) is 62.3 Å². The second kappa shape index (κ2) is 24.8. The van der Waals surface area contributed by atoms with Crippen molar-refractivity contribution in [3.8, 4) is 0 Å². The first-order valence-electron chi connectivity index (χ1n) is 26.7. The number of aromatic amines is 1. The van der Waals surface area contributed by atoms with E-state index in [1.165, 1.54) is 11.1 Å². The number of carboxylic acids is 1. The molecule has 0 radical (unpaired) electrons. The van der Waals surface area contributed by atoms with Crippen molar-refractivity contribution < 1.29 is 28.9 Å². The van der Waals surface area contributed by atoms with Gasteiger partial charge in [0.15, 0.2) is 11.4 Å². The molecule has 404 valence electrons. The number of carboxylic acid groups (broad SMARTS) is 1. The van der Waals surface area contributed by atoms with Crippen molar-refractivity contribution in [3.63, 3.8) is 0 Å². The lowest BCUT2D eigenvalue weighted by Gasteiger charge is -2.30. The molecule has 2 aliphatic heterocycles. The average Bonchev–Trinajstić information content (AvgIpc) is 4.21. The van der Waals surface area contributed by atoms with Crippen LogP contribution in [0.25, 0.3) is 0 Å². The predicted molar refractivity (Wildman–Crippen MR) is 294 cm³/mol. The van der Waals surface area contributed by atoms with Crippen molar-refractivity contribution in [2.24, 2.45) is 10.8 Å². The van der Waals surface area contributed by atoms with Crippen LogP contribution >= 0.6 is 0 Å². The van der Waals surface area contributed by atoms with Crippen molar-refractivity contribution in [3.05, 3.63) is 130 Å². The second-order valence-electron chi connectivity index (χ2n) is 23.2. The summed E-state index contributed by atoms with van der Waals surface area (Å²) in [4.78, 5) is 29.2. The maximum atomic E-state index is 13.0. The lowest BCUT2D eigenvalue weighted by Crippen LogP contribution is -2.40. The van der Waals surface area contributed by atoms with E-state index in [4.69, 9.17) is 19.9 Å². The van der Waals surface area contributed by atoms with E-state index in [9.17, 15) is 14.7 Å². The van der Waals surface area contributed by atoms with Crippen LogP contribution < -0.4 is 11.1 Å². The van der Waals surface area contributed by atoms with Gasteiger partial charge in [0.1, 0.15) is 6.73 Å². The third kappa shape index (κ3) is 15.3. The van der Waals surface area contributed by atoms with Crippen LogP contribution in [0.3, 0.4) is 0 Å². The Kier molecular flexibility index (Phi) is 18.3. The molecule has 18 nitrogen and oxygen atoms in total. The Morgan fingerprint density at radius 3 is 1.87 bits per heavy atom. The lowest BCUT2D eigenvalue weighted by atomic mass is 9.76. The fourth-order valence-corrected chi connectivity index (χ4v) is 11.0. The van der Waals surface area contributed by atoms with Crippen LogP contribution in [0.5, 0.6) is 0 Å². The normalized spacial score (nSPS) is 18.3. The van der Waals surface area contributed by atoms with Gasteiger partial charge in [-0.05, 0) is 66.5 Å². The molecule has 2 atom stereocenters. The van der Waals surface area contributed by atoms with Gasteiger partial charge in [-0.15, -0.1) is 0 Å². The molecule has 5 N–H and O–H groups in total. The van der Waals surface area contributed by atoms with Crippen LogP contribution in [0.15, 0.2) is 85.5 Å². The number of anilines is 2. The van der Waals surface area contributed by atoms with Gasteiger partial charge >= 0.3 is 5.97 Å². The third-order valence-corrected chi connectivity index (χ3v) is 16.4. The number of ether oxygens (including phenoxy) is 3. The number of aromatic carboxylic acids is 1. The number of aromatic nitrogens is 8. The Balaban J connectivity index is 0.000000156. The quantitative estimate of drug-likeness (QED) is 0.0535. The Morgan fingerprint density at radius 2 is 1.32 bits per heavy atom. The number of carbonyl (C=O) groups excluding carboxylic acids is 1. The second-order valence-corrected chi connectivity index (χ2v) is 28.9. The fourth-order valence-electron chi connectivity index (χ4n) is 10.2. The summed E-state index contributed by atoms with van der Waals surface area (Å²) in [5, 5.41) is 33.1. The molecular weight excluding hydrogens is 965 g/mol. The van der Waals surface area contributed by atoms with Crippen molar-refractivity contribution in [1.29, 1.82) is 0 Å². The van der Waals surface area contributed by atoms with Crippen molar-refractivity contribution in [2.75, 3.05) is 83.4 Å². The summed E-state index contributed by atoms with van der Waals surface area (Å²) in [5.41, 5.74) is 14.9. The van der Waals surface area contributed by atoms with Crippen LogP contribution in [0.1, 0.15) is 107 Å². The molecule has 4 aromatic heterocycles. The molecule has 2 aromatic carbocycles. The molecule has 6 heterocycles. The van der Waals surface area contributed by atoms with E-state index in [1.807, 2.05) is 33.9 Å². The van der Waals surface area contributed by atoms with Gasteiger partial charge in [-0.3, -0.25) is 29.1 Å². The minimum atomic E-state index is -1.11. The standard InChI is InChI=1S/C25H32N6O2.C16H28N2O3Si.C15H20N4O/c1-25(2)9-8-20-21(14-25)28-29-23(20)24(32)27-19-15-26-31(16-19)22(18-6-4-3-5-7-18)17-30-10-12-33-13-11-30;1-16(2)7-6-12-13(10-16)18(17-14(12)15(19)20)11-21-8-9-22(3,4)5;16-14-10-17-19(11-14)15(13-4-2-1-3-5-13)12-18-6-8-20-9-7-18/h3-7,15-16,22H,8-14,17H2,1-2H3,(H,27,32)(H,28,29);6-11H2,1-5H3,(H,19,20);1-5,10-11,15H,6-9,12,16H2. The Morgan fingerprint density at radius 1 is 0.773 bits per heavy atom. The SMILES string of the molecule is CC1(C)CCc2c(C(=O)Nc3cnn(C(CN4CCOCC4)c4ccccc4)c3)n[nH]c2C1.CC1(C)CCc2c(C(=O)O)nn(COCC[Si](C)(C)C)c2C1.Nc1cnn(C(CN2CCOCC2)c2ccccc2)c1. The number of nitrogen functional groups attached to an aromatic ring is 1. The summed E-state index contributed by atoms with van der Waals surface area (Å²) in [7, 11) is -1.11. The van der Waals surface area contributed by atoms with E-state index in [0.717, 1.165) is 139 Å². The molecule has 4 aliphatic rings. The molecule has 2 aliphatic carbocycles. The highest BCUT2D eigenvalue weighted by Gasteiger charge is 2.34. The van der Waals surface area contributed by atoms with Gasteiger partial charge in [0, 0.05) is 88.9 Å². The van der Waals surface area contributed by atoms with Crippen molar-refractivity contribution in [1.82, 2.24) is 49.3 Å². The van der Waals surface area contributed by atoms with Crippen LogP contribution in [-0.4, -0.2) is 147 Å². The zero-order chi connectivity index (χ0) is 53.2.